The van der Waals surface area contributed by atoms with Crippen molar-refractivity contribution in [3.8, 4) is 0 Å². The minimum absolute atomic E-state index is 0.127. The van der Waals surface area contributed by atoms with Crippen molar-refractivity contribution < 1.29 is 13.6 Å². The molecule has 0 aliphatic carbocycles. The summed E-state index contributed by atoms with van der Waals surface area (Å²) in [5, 5.41) is 2.55. The summed E-state index contributed by atoms with van der Waals surface area (Å²) in [7, 11) is 0. The molecule has 0 aliphatic rings. The van der Waals surface area contributed by atoms with Crippen LogP contribution in [0.4, 0.5) is 14.5 Å². The van der Waals surface area contributed by atoms with Gasteiger partial charge in [0.1, 0.15) is 0 Å². The molecule has 88 valence electrons. The van der Waals surface area contributed by atoms with E-state index in [1.807, 2.05) is 6.92 Å². The van der Waals surface area contributed by atoms with Crippen LogP contribution in [0.25, 0.3) is 0 Å². The van der Waals surface area contributed by atoms with E-state index in [0.717, 1.165) is 25.0 Å². The molecule has 2 nitrogen and oxygen atoms in total. The van der Waals surface area contributed by atoms with Crippen molar-refractivity contribution in [2.75, 3.05) is 5.32 Å². The first-order chi connectivity index (χ1) is 7.54. The average molecular weight is 227 g/mol. The van der Waals surface area contributed by atoms with E-state index >= 15 is 0 Å². The fraction of sp³-hybridized carbons (Fsp3) is 0.417. The van der Waals surface area contributed by atoms with Crippen molar-refractivity contribution in [3.63, 3.8) is 0 Å². The lowest BCUT2D eigenvalue weighted by Gasteiger charge is -2.11. The van der Waals surface area contributed by atoms with E-state index in [1.54, 1.807) is 6.92 Å². The van der Waals surface area contributed by atoms with E-state index in [-0.39, 0.29) is 17.5 Å². The van der Waals surface area contributed by atoms with Crippen LogP contribution in [0, 0.1) is 17.6 Å². The number of rotatable bonds is 4. The lowest BCUT2D eigenvalue weighted by molar-refractivity contribution is -0.119. The summed E-state index contributed by atoms with van der Waals surface area (Å²) in [5.74, 6) is -2.17. The highest BCUT2D eigenvalue weighted by molar-refractivity contribution is 5.92. The predicted molar refractivity (Wildman–Crippen MR) is 59.1 cm³/mol. The molecular weight excluding hydrogens is 212 g/mol. The molecular formula is C12H15F2NO. The van der Waals surface area contributed by atoms with E-state index in [4.69, 9.17) is 0 Å². The molecule has 0 radical (unpaired) electrons. The summed E-state index contributed by atoms with van der Waals surface area (Å²) in [6, 6.07) is 3.32. The van der Waals surface area contributed by atoms with Crippen molar-refractivity contribution in [1.29, 1.82) is 0 Å². The normalized spacial score (nSPS) is 12.2. The van der Waals surface area contributed by atoms with E-state index in [2.05, 4.69) is 5.32 Å². The summed E-state index contributed by atoms with van der Waals surface area (Å²) in [6.07, 6.45) is 1.68. The zero-order valence-corrected chi connectivity index (χ0v) is 9.39. The van der Waals surface area contributed by atoms with Gasteiger partial charge in [0.05, 0.1) is 0 Å². The minimum Gasteiger partial charge on any atom is -0.326 e. The molecule has 0 saturated heterocycles. The van der Waals surface area contributed by atoms with Gasteiger partial charge in [-0.3, -0.25) is 4.79 Å². The van der Waals surface area contributed by atoms with Crippen LogP contribution < -0.4 is 5.32 Å². The quantitative estimate of drug-likeness (QED) is 0.839. The Kier molecular flexibility index (Phi) is 4.40. The zero-order valence-electron chi connectivity index (χ0n) is 9.39. The standard InChI is InChI=1S/C12H15F2NO/c1-3-4-8(2)12(16)15-9-5-6-10(13)11(14)7-9/h5-8H,3-4H2,1-2H3,(H,15,16)/t8-/m0/s1. The van der Waals surface area contributed by atoms with E-state index in [9.17, 15) is 13.6 Å². The maximum Gasteiger partial charge on any atom is 0.227 e. The van der Waals surface area contributed by atoms with Crippen LogP contribution in [-0.4, -0.2) is 5.91 Å². The number of benzene rings is 1. The molecule has 0 fully saturated rings. The Morgan fingerprint density at radius 2 is 2.06 bits per heavy atom. The van der Waals surface area contributed by atoms with Gasteiger partial charge in [-0.15, -0.1) is 0 Å². The van der Waals surface area contributed by atoms with Gasteiger partial charge in [0, 0.05) is 17.7 Å². The van der Waals surface area contributed by atoms with Gasteiger partial charge < -0.3 is 5.32 Å². The monoisotopic (exact) mass is 227 g/mol. The highest BCUT2D eigenvalue weighted by Gasteiger charge is 2.12. The second kappa shape index (κ2) is 5.58. The van der Waals surface area contributed by atoms with Crippen LogP contribution in [0.2, 0.25) is 0 Å². The van der Waals surface area contributed by atoms with Crippen LogP contribution in [0.15, 0.2) is 18.2 Å². The zero-order chi connectivity index (χ0) is 12.1. The first kappa shape index (κ1) is 12.6. The minimum atomic E-state index is -0.957. The summed E-state index contributed by atoms with van der Waals surface area (Å²) in [5.41, 5.74) is 0.284. The highest BCUT2D eigenvalue weighted by Crippen LogP contribution is 2.15. The fourth-order valence-corrected chi connectivity index (χ4v) is 1.40. The molecule has 4 heteroatoms. The maximum absolute atomic E-state index is 12.9. The number of anilines is 1. The van der Waals surface area contributed by atoms with Gasteiger partial charge in [-0.05, 0) is 18.6 Å². The third-order valence-corrected chi connectivity index (χ3v) is 2.36. The molecule has 0 unspecified atom stereocenters. The van der Waals surface area contributed by atoms with Crippen molar-refractivity contribution >= 4 is 11.6 Å². The molecule has 0 aliphatic heterocycles. The van der Waals surface area contributed by atoms with Crippen molar-refractivity contribution in [2.45, 2.75) is 26.7 Å². The Morgan fingerprint density at radius 1 is 1.38 bits per heavy atom. The molecule has 16 heavy (non-hydrogen) atoms. The van der Waals surface area contributed by atoms with Crippen molar-refractivity contribution in [3.05, 3.63) is 29.8 Å². The predicted octanol–water partition coefficient (Wildman–Crippen LogP) is 3.34. The molecule has 1 aromatic rings. The summed E-state index contributed by atoms with van der Waals surface area (Å²) >= 11 is 0. The van der Waals surface area contributed by atoms with Gasteiger partial charge >= 0.3 is 0 Å². The lowest BCUT2D eigenvalue weighted by atomic mass is 10.1. The van der Waals surface area contributed by atoms with Gasteiger partial charge in [-0.1, -0.05) is 20.3 Å². The Bertz CT molecular complexity index is 379. The number of carbonyl (C=O) groups is 1. The fourth-order valence-electron chi connectivity index (χ4n) is 1.40. The Labute approximate surface area is 93.7 Å². The summed E-state index contributed by atoms with van der Waals surface area (Å²) in [6.45, 7) is 3.79. The van der Waals surface area contributed by atoms with Gasteiger partial charge in [-0.25, -0.2) is 8.78 Å². The topological polar surface area (TPSA) is 29.1 Å². The molecule has 0 aromatic heterocycles. The van der Waals surface area contributed by atoms with E-state index < -0.39 is 11.6 Å². The molecule has 1 rings (SSSR count). The number of hydrogen-bond acceptors (Lipinski definition) is 1. The highest BCUT2D eigenvalue weighted by atomic mass is 19.2. The summed E-state index contributed by atoms with van der Waals surface area (Å²) in [4.78, 5) is 11.6. The molecule has 0 heterocycles. The SMILES string of the molecule is CCC[C@H](C)C(=O)Nc1ccc(F)c(F)c1. The Balaban J connectivity index is 2.66. The second-order valence-corrected chi connectivity index (χ2v) is 3.81. The molecule has 0 saturated carbocycles. The van der Waals surface area contributed by atoms with Crippen LogP contribution in [-0.2, 0) is 4.79 Å². The number of amides is 1. The van der Waals surface area contributed by atoms with Crippen LogP contribution >= 0.6 is 0 Å². The smallest absolute Gasteiger partial charge is 0.227 e. The van der Waals surface area contributed by atoms with Crippen LogP contribution in [0.1, 0.15) is 26.7 Å². The van der Waals surface area contributed by atoms with Gasteiger partial charge in [0.2, 0.25) is 5.91 Å². The van der Waals surface area contributed by atoms with Crippen molar-refractivity contribution in [2.24, 2.45) is 5.92 Å². The van der Waals surface area contributed by atoms with Gasteiger partial charge in [0.25, 0.3) is 0 Å². The number of hydrogen-bond donors (Lipinski definition) is 1. The van der Waals surface area contributed by atoms with Crippen LogP contribution in [0.3, 0.4) is 0 Å². The molecule has 1 atom stereocenters. The summed E-state index contributed by atoms with van der Waals surface area (Å²) < 4.78 is 25.5. The van der Waals surface area contributed by atoms with Crippen LogP contribution in [0.5, 0.6) is 0 Å². The third kappa shape index (κ3) is 3.29. The van der Waals surface area contributed by atoms with E-state index in [1.165, 1.54) is 6.07 Å². The second-order valence-electron chi connectivity index (χ2n) is 3.81. The lowest BCUT2D eigenvalue weighted by Crippen LogP contribution is -2.20. The Hall–Kier alpha value is -1.45. The Morgan fingerprint density at radius 3 is 2.62 bits per heavy atom. The third-order valence-electron chi connectivity index (χ3n) is 2.36. The number of halogens is 2. The van der Waals surface area contributed by atoms with Gasteiger partial charge in [0.15, 0.2) is 11.6 Å². The molecule has 0 spiro atoms. The first-order valence-corrected chi connectivity index (χ1v) is 5.30. The molecule has 1 N–H and O–H groups in total. The van der Waals surface area contributed by atoms with E-state index in [0.29, 0.717) is 0 Å². The number of carbonyl (C=O) groups excluding carboxylic acids is 1. The molecule has 1 amide bonds. The first-order valence-electron chi connectivity index (χ1n) is 5.30. The average Bonchev–Trinajstić information content (AvgIpc) is 2.24. The molecule has 0 bridgehead atoms. The van der Waals surface area contributed by atoms with Gasteiger partial charge in [-0.2, -0.15) is 0 Å². The maximum atomic E-state index is 12.9. The van der Waals surface area contributed by atoms with Crippen molar-refractivity contribution in [1.82, 2.24) is 0 Å². The number of nitrogens with one attached hydrogen (secondary N) is 1. The molecule has 1 aromatic carbocycles. The largest absolute Gasteiger partial charge is 0.326 e.